The first-order valence-corrected chi connectivity index (χ1v) is 6.12. The molecule has 0 saturated heterocycles. The molecule has 0 saturated carbocycles. The predicted molar refractivity (Wildman–Crippen MR) is 71.3 cm³/mol. The van der Waals surface area contributed by atoms with E-state index in [-0.39, 0.29) is 5.82 Å². The average molecular weight is 256 g/mol. The maximum Gasteiger partial charge on any atom is 0.134 e. The molecule has 96 valence electrons. The second-order valence-corrected chi connectivity index (χ2v) is 4.54. The highest BCUT2D eigenvalue weighted by Crippen LogP contribution is 2.28. The lowest BCUT2D eigenvalue weighted by molar-refractivity contribution is 0.178. The molecule has 0 amide bonds. The number of hydrogen-bond donors (Lipinski definition) is 1. The highest BCUT2D eigenvalue weighted by molar-refractivity contribution is 5.81. The van der Waals surface area contributed by atoms with Crippen molar-refractivity contribution in [1.82, 2.24) is 0 Å². The summed E-state index contributed by atoms with van der Waals surface area (Å²) >= 11 is 0. The number of aliphatic hydroxyl groups is 1. The highest BCUT2D eigenvalue weighted by atomic mass is 19.1. The van der Waals surface area contributed by atoms with Crippen LogP contribution in [0.15, 0.2) is 59.2 Å². The van der Waals surface area contributed by atoms with Crippen LogP contribution in [0, 0.1) is 5.82 Å². The number of fused-ring (bicyclic) bond motifs is 1. The van der Waals surface area contributed by atoms with Crippen molar-refractivity contribution in [2.75, 3.05) is 0 Å². The maximum absolute atomic E-state index is 13.1. The molecule has 0 aliphatic rings. The summed E-state index contributed by atoms with van der Waals surface area (Å²) in [6, 6.07) is 13.8. The molecule has 1 N–H and O–H groups in total. The fourth-order valence-corrected chi connectivity index (χ4v) is 2.25. The van der Waals surface area contributed by atoms with Crippen LogP contribution in [0.3, 0.4) is 0 Å². The van der Waals surface area contributed by atoms with Crippen LogP contribution >= 0.6 is 0 Å². The first kappa shape index (κ1) is 11.9. The van der Waals surface area contributed by atoms with E-state index in [1.165, 1.54) is 12.1 Å². The monoisotopic (exact) mass is 256 g/mol. The number of furan rings is 1. The lowest BCUT2D eigenvalue weighted by Crippen LogP contribution is -2.01. The lowest BCUT2D eigenvalue weighted by Gasteiger charge is -2.09. The van der Waals surface area contributed by atoms with Gasteiger partial charge in [0, 0.05) is 17.4 Å². The standard InChI is InChI=1S/C16H13FO2/c17-12-5-3-4-11(8-12)9-15(18)14-10-19-16-7-2-1-6-13(14)16/h1-8,10,15,18H,9H2. The van der Waals surface area contributed by atoms with Gasteiger partial charge < -0.3 is 9.52 Å². The van der Waals surface area contributed by atoms with Crippen LogP contribution in [-0.2, 0) is 6.42 Å². The van der Waals surface area contributed by atoms with Crippen LogP contribution in [0.5, 0.6) is 0 Å². The molecule has 0 bridgehead atoms. The molecular weight excluding hydrogens is 243 g/mol. The Bertz CT molecular complexity index is 703. The summed E-state index contributed by atoms with van der Waals surface area (Å²) in [5.41, 5.74) is 2.24. The summed E-state index contributed by atoms with van der Waals surface area (Å²) in [5.74, 6) is -0.290. The molecule has 1 aromatic heterocycles. The van der Waals surface area contributed by atoms with Gasteiger partial charge in [-0.3, -0.25) is 0 Å². The third-order valence-corrected chi connectivity index (χ3v) is 3.19. The number of rotatable bonds is 3. The Morgan fingerprint density at radius 1 is 1.11 bits per heavy atom. The van der Waals surface area contributed by atoms with Gasteiger partial charge in [-0.25, -0.2) is 4.39 Å². The summed E-state index contributed by atoms with van der Waals surface area (Å²) < 4.78 is 18.5. The van der Waals surface area contributed by atoms with Crippen molar-refractivity contribution in [3.8, 4) is 0 Å². The third-order valence-electron chi connectivity index (χ3n) is 3.19. The van der Waals surface area contributed by atoms with Crippen LogP contribution < -0.4 is 0 Å². The van der Waals surface area contributed by atoms with E-state index >= 15 is 0 Å². The molecule has 0 fully saturated rings. The van der Waals surface area contributed by atoms with Gasteiger partial charge in [-0.2, -0.15) is 0 Å². The minimum Gasteiger partial charge on any atom is -0.464 e. The number of para-hydroxylation sites is 1. The Morgan fingerprint density at radius 2 is 1.95 bits per heavy atom. The van der Waals surface area contributed by atoms with E-state index in [2.05, 4.69) is 0 Å². The molecule has 1 atom stereocenters. The summed E-state index contributed by atoms with van der Waals surface area (Å²) in [7, 11) is 0. The van der Waals surface area contributed by atoms with Crippen LogP contribution in [0.1, 0.15) is 17.2 Å². The smallest absolute Gasteiger partial charge is 0.134 e. The third kappa shape index (κ3) is 2.37. The first-order chi connectivity index (χ1) is 9.24. The summed E-state index contributed by atoms with van der Waals surface area (Å²) in [4.78, 5) is 0. The summed E-state index contributed by atoms with van der Waals surface area (Å²) in [6.07, 6.45) is 1.22. The van der Waals surface area contributed by atoms with Gasteiger partial charge in [-0.05, 0) is 23.8 Å². The molecule has 3 rings (SSSR count). The van der Waals surface area contributed by atoms with Crippen molar-refractivity contribution in [1.29, 1.82) is 0 Å². The quantitative estimate of drug-likeness (QED) is 0.772. The number of hydrogen-bond acceptors (Lipinski definition) is 2. The topological polar surface area (TPSA) is 33.4 Å². The molecule has 0 aliphatic heterocycles. The number of benzene rings is 2. The van der Waals surface area contributed by atoms with Gasteiger partial charge in [0.15, 0.2) is 0 Å². The van der Waals surface area contributed by atoms with Crippen molar-refractivity contribution >= 4 is 11.0 Å². The Kier molecular flexibility index (Phi) is 3.05. The minimum absolute atomic E-state index is 0.290. The molecule has 1 heterocycles. The second-order valence-electron chi connectivity index (χ2n) is 4.54. The van der Waals surface area contributed by atoms with Crippen LogP contribution in [0.25, 0.3) is 11.0 Å². The van der Waals surface area contributed by atoms with Crippen LogP contribution in [0.4, 0.5) is 4.39 Å². The Balaban J connectivity index is 1.90. The van der Waals surface area contributed by atoms with E-state index in [1.807, 2.05) is 24.3 Å². The van der Waals surface area contributed by atoms with Crippen molar-refractivity contribution < 1.29 is 13.9 Å². The molecule has 0 aliphatic carbocycles. The molecule has 3 heteroatoms. The van der Waals surface area contributed by atoms with Crippen LogP contribution in [0.2, 0.25) is 0 Å². The van der Waals surface area contributed by atoms with Gasteiger partial charge in [0.2, 0.25) is 0 Å². The molecule has 19 heavy (non-hydrogen) atoms. The molecule has 2 aromatic carbocycles. The predicted octanol–water partition coefficient (Wildman–Crippen LogP) is 3.85. The Hall–Kier alpha value is -2.13. The summed E-state index contributed by atoms with van der Waals surface area (Å²) in [5, 5.41) is 11.2. The lowest BCUT2D eigenvalue weighted by atomic mass is 10.0. The molecule has 0 radical (unpaired) electrons. The van der Waals surface area contributed by atoms with Crippen molar-refractivity contribution in [2.45, 2.75) is 12.5 Å². The zero-order valence-electron chi connectivity index (χ0n) is 10.2. The van der Waals surface area contributed by atoms with Crippen LogP contribution in [-0.4, -0.2) is 5.11 Å². The van der Waals surface area contributed by atoms with Gasteiger partial charge in [0.25, 0.3) is 0 Å². The van der Waals surface area contributed by atoms with Gasteiger partial charge in [0.1, 0.15) is 11.4 Å². The zero-order valence-corrected chi connectivity index (χ0v) is 10.2. The Morgan fingerprint density at radius 3 is 2.79 bits per heavy atom. The first-order valence-electron chi connectivity index (χ1n) is 6.12. The Labute approximate surface area is 110 Å². The van der Waals surface area contributed by atoms with Crippen molar-refractivity contribution in [3.05, 3.63) is 71.7 Å². The maximum atomic E-state index is 13.1. The highest BCUT2D eigenvalue weighted by Gasteiger charge is 2.15. The van der Waals surface area contributed by atoms with Gasteiger partial charge >= 0.3 is 0 Å². The van der Waals surface area contributed by atoms with E-state index in [1.54, 1.807) is 18.4 Å². The average Bonchev–Trinajstić information content (AvgIpc) is 2.82. The van der Waals surface area contributed by atoms with E-state index < -0.39 is 6.10 Å². The van der Waals surface area contributed by atoms with E-state index in [9.17, 15) is 9.50 Å². The fourth-order valence-electron chi connectivity index (χ4n) is 2.25. The van der Waals surface area contributed by atoms with Gasteiger partial charge in [0.05, 0.1) is 12.4 Å². The normalized spacial score (nSPS) is 12.7. The SMILES string of the molecule is OC(Cc1cccc(F)c1)c1coc2ccccc12. The summed E-state index contributed by atoms with van der Waals surface area (Å²) in [6.45, 7) is 0. The van der Waals surface area contributed by atoms with Crippen molar-refractivity contribution in [3.63, 3.8) is 0 Å². The van der Waals surface area contributed by atoms with E-state index in [4.69, 9.17) is 4.42 Å². The zero-order chi connectivity index (χ0) is 13.2. The fraction of sp³-hybridized carbons (Fsp3) is 0.125. The molecule has 3 aromatic rings. The second kappa shape index (κ2) is 4.86. The van der Waals surface area contributed by atoms with Gasteiger partial charge in [-0.1, -0.05) is 30.3 Å². The molecule has 0 spiro atoms. The largest absolute Gasteiger partial charge is 0.464 e. The molecular formula is C16H13FO2. The molecule has 2 nitrogen and oxygen atoms in total. The van der Waals surface area contributed by atoms with Gasteiger partial charge in [-0.15, -0.1) is 0 Å². The van der Waals surface area contributed by atoms with E-state index in [0.717, 1.165) is 22.1 Å². The number of halogens is 1. The number of aliphatic hydroxyl groups excluding tert-OH is 1. The molecule has 1 unspecified atom stereocenters. The minimum atomic E-state index is -0.703. The van der Waals surface area contributed by atoms with Crippen molar-refractivity contribution in [2.24, 2.45) is 0 Å². The van der Waals surface area contributed by atoms with E-state index in [0.29, 0.717) is 6.42 Å².